The third kappa shape index (κ3) is 3.67. The lowest BCUT2D eigenvalue weighted by molar-refractivity contribution is 0.356. The standard InChI is InChI=1S/C16H19BrN2O2/c1-10-8-12(17)11(2)18-15(9-10)19-13-6-5-7-14(20-3)16(13)21-4/h5-10,19H,1-4H3. The molecule has 1 unspecified atom stereocenters. The van der Waals surface area contributed by atoms with Gasteiger partial charge in [-0.3, -0.25) is 0 Å². The Hall–Kier alpha value is -1.75. The van der Waals surface area contributed by atoms with Gasteiger partial charge in [0.15, 0.2) is 11.5 Å². The molecule has 21 heavy (non-hydrogen) atoms. The minimum Gasteiger partial charge on any atom is -0.493 e. The second-order valence-electron chi connectivity index (χ2n) is 4.79. The molecule has 1 aromatic carbocycles. The molecule has 0 aromatic heterocycles. The molecule has 0 fully saturated rings. The van der Waals surface area contributed by atoms with Crippen molar-refractivity contribution in [2.75, 3.05) is 19.5 Å². The molecule has 1 aliphatic heterocycles. The van der Waals surface area contributed by atoms with Crippen molar-refractivity contribution in [3.05, 3.63) is 40.7 Å². The number of hydrogen-bond acceptors (Lipinski definition) is 4. The van der Waals surface area contributed by atoms with Crippen molar-refractivity contribution in [1.29, 1.82) is 0 Å². The number of benzene rings is 1. The van der Waals surface area contributed by atoms with Gasteiger partial charge in [0.1, 0.15) is 5.82 Å². The van der Waals surface area contributed by atoms with Crippen LogP contribution in [-0.4, -0.2) is 19.9 Å². The van der Waals surface area contributed by atoms with Crippen molar-refractivity contribution in [1.82, 2.24) is 0 Å². The second kappa shape index (κ2) is 6.80. The molecule has 0 spiro atoms. The van der Waals surface area contributed by atoms with E-state index in [1.165, 1.54) is 0 Å². The third-order valence-corrected chi connectivity index (χ3v) is 3.97. The predicted molar refractivity (Wildman–Crippen MR) is 90.5 cm³/mol. The third-order valence-electron chi connectivity index (χ3n) is 3.13. The summed E-state index contributed by atoms with van der Waals surface area (Å²) in [5, 5.41) is 3.31. The number of para-hydroxylation sites is 1. The molecule has 1 heterocycles. The van der Waals surface area contributed by atoms with Gasteiger partial charge in [-0.1, -0.05) is 19.1 Å². The molecule has 0 amide bonds. The van der Waals surface area contributed by atoms with Crippen LogP contribution in [0.15, 0.2) is 45.6 Å². The SMILES string of the molecule is COc1cccc(NC2=CC(C)C=C(Br)C(C)=N2)c1OC. The maximum atomic E-state index is 5.43. The van der Waals surface area contributed by atoms with Crippen molar-refractivity contribution in [3.8, 4) is 11.5 Å². The van der Waals surface area contributed by atoms with Gasteiger partial charge in [0.05, 0.1) is 25.6 Å². The van der Waals surface area contributed by atoms with Gasteiger partial charge < -0.3 is 14.8 Å². The number of hydrogen-bond donors (Lipinski definition) is 1. The molecule has 0 bridgehead atoms. The zero-order valence-corrected chi connectivity index (χ0v) is 14.2. The molecular formula is C16H19BrN2O2. The van der Waals surface area contributed by atoms with E-state index in [-0.39, 0.29) is 5.92 Å². The average Bonchev–Trinajstić information content (AvgIpc) is 2.57. The van der Waals surface area contributed by atoms with Crippen molar-refractivity contribution in [2.45, 2.75) is 13.8 Å². The molecule has 0 radical (unpaired) electrons. The summed E-state index contributed by atoms with van der Waals surface area (Å²) in [6.07, 6.45) is 4.19. The summed E-state index contributed by atoms with van der Waals surface area (Å²) in [4.78, 5) is 4.59. The average molecular weight is 351 g/mol. The lowest BCUT2D eigenvalue weighted by atomic mass is 10.1. The first-order valence-corrected chi connectivity index (χ1v) is 7.47. The molecule has 112 valence electrons. The van der Waals surface area contributed by atoms with Crippen LogP contribution in [0.2, 0.25) is 0 Å². The number of ether oxygens (including phenoxy) is 2. The largest absolute Gasteiger partial charge is 0.493 e. The monoisotopic (exact) mass is 350 g/mol. The Morgan fingerprint density at radius 2 is 1.95 bits per heavy atom. The molecule has 1 N–H and O–H groups in total. The number of methoxy groups -OCH3 is 2. The predicted octanol–water partition coefficient (Wildman–Crippen LogP) is 4.35. The van der Waals surface area contributed by atoms with Gasteiger partial charge in [0, 0.05) is 4.48 Å². The fourth-order valence-electron chi connectivity index (χ4n) is 2.11. The van der Waals surface area contributed by atoms with Gasteiger partial charge >= 0.3 is 0 Å². The van der Waals surface area contributed by atoms with E-state index in [0.717, 1.165) is 21.7 Å². The normalized spacial score (nSPS) is 18.1. The van der Waals surface area contributed by atoms with Crippen LogP contribution >= 0.6 is 15.9 Å². The van der Waals surface area contributed by atoms with Crippen molar-refractivity contribution in [2.24, 2.45) is 10.9 Å². The van der Waals surface area contributed by atoms with Crippen LogP contribution in [0.3, 0.4) is 0 Å². The Morgan fingerprint density at radius 1 is 1.19 bits per heavy atom. The van der Waals surface area contributed by atoms with E-state index in [1.54, 1.807) is 14.2 Å². The van der Waals surface area contributed by atoms with Crippen LogP contribution in [0.1, 0.15) is 13.8 Å². The van der Waals surface area contributed by atoms with E-state index >= 15 is 0 Å². The summed E-state index contributed by atoms with van der Waals surface area (Å²) in [6.45, 7) is 4.08. The highest BCUT2D eigenvalue weighted by Gasteiger charge is 2.13. The molecule has 4 nitrogen and oxygen atoms in total. The molecule has 0 saturated heterocycles. The van der Waals surface area contributed by atoms with E-state index in [1.807, 2.05) is 25.1 Å². The van der Waals surface area contributed by atoms with Gasteiger partial charge in [-0.25, -0.2) is 4.99 Å². The van der Waals surface area contributed by atoms with E-state index < -0.39 is 0 Å². The van der Waals surface area contributed by atoms with Crippen LogP contribution in [0.4, 0.5) is 5.69 Å². The minimum absolute atomic E-state index is 0.277. The molecule has 1 aromatic rings. The Morgan fingerprint density at radius 3 is 2.62 bits per heavy atom. The highest BCUT2D eigenvalue weighted by molar-refractivity contribution is 9.12. The number of anilines is 1. The van der Waals surface area contributed by atoms with Gasteiger partial charge in [-0.2, -0.15) is 0 Å². The summed E-state index contributed by atoms with van der Waals surface area (Å²) in [6, 6.07) is 5.71. The fourth-order valence-corrected chi connectivity index (χ4v) is 2.62. The second-order valence-corrected chi connectivity index (χ2v) is 5.64. The maximum absolute atomic E-state index is 5.43. The number of nitrogens with zero attached hydrogens (tertiary/aromatic N) is 1. The highest BCUT2D eigenvalue weighted by atomic mass is 79.9. The maximum Gasteiger partial charge on any atom is 0.184 e. The van der Waals surface area contributed by atoms with Crippen LogP contribution in [0.5, 0.6) is 11.5 Å². The summed E-state index contributed by atoms with van der Waals surface area (Å²) in [5.41, 5.74) is 1.75. The molecule has 1 aliphatic rings. The highest BCUT2D eigenvalue weighted by Crippen LogP contribution is 2.36. The minimum atomic E-state index is 0.277. The number of allylic oxidation sites excluding steroid dienone is 3. The molecule has 0 aliphatic carbocycles. The fraction of sp³-hybridized carbons (Fsp3) is 0.312. The van der Waals surface area contributed by atoms with E-state index in [9.17, 15) is 0 Å². The first-order chi connectivity index (χ1) is 10.0. The van der Waals surface area contributed by atoms with Gasteiger partial charge in [0.2, 0.25) is 0 Å². The summed E-state index contributed by atoms with van der Waals surface area (Å²) >= 11 is 3.53. The van der Waals surface area contributed by atoms with E-state index in [2.05, 4.69) is 45.3 Å². The van der Waals surface area contributed by atoms with Crippen molar-refractivity contribution < 1.29 is 9.47 Å². The summed E-state index contributed by atoms with van der Waals surface area (Å²) in [7, 11) is 3.25. The van der Waals surface area contributed by atoms with Crippen LogP contribution in [-0.2, 0) is 0 Å². The van der Waals surface area contributed by atoms with Crippen LogP contribution in [0, 0.1) is 5.92 Å². The Balaban J connectivity index is 2.34. The number of nitrogens with one attached hydrogen (secondary N) is 1. The van der Waals surface area contributed by atoms with E-state index in [4.69, 9.17) is 9.47 Å². The zero-order valence-electron chi connectivity index (χ0n) is 12.6. The van der Waals surface area contributed by atoms with Crippen molar-refractivity contribution in [3.63, 3.8) is 0 Å². The van der Waals surface area contributed by atoms with Crippen LogP contribution in [0.25, 0.3) is 0 Å². The lowest BCUT2D eigenvalue weighted by Gasteiger charge is -2.14. The Bertz CT molecular complexity index is 621. The molecule has 5 heteroatoms. The summed E-state index contributed by atoms with van der Waals surface area (Å²) in [5.74, 6) is 2.42. The van der Waals surface area contributed by atoms with Gasteiger partial charge in [-0.05, 0) is 47.0 Å². The smallest absolute Gasteiger partial charge is 0.184 e. The topological polar surface area (TPSA) is 42.8 Å². The first kappa shape index (κ1) is 15.6. The number of aliphatic imine (C=N–C) groups is 1. The molecular weight excluding hydrogens is 332 g/mol. The quantitative estimate of drug-likeness (QED) is 0.877. The molecule has 1 atom stereocenters. The first-order valence-electron chi connectivity index (χ1n) is 6.68. The van der Waals surface area contributed by atoms with Gasteiger partial charge in [0.25, 0.3) is 0 Å². The number of rotatable bonds is 4. The molecule has 0 saturated carbocycles. The van der Waals surface area contributed by atoms with Crippen LogP contribution < -0.4 is 14.8 Å². The summed E-state index contributed by atoms with van der Waals surface area (Å²) < 4.78 is 11.8. The Labute approximate surface area is 133 Å². The molecule has 2 rings (SSSR count). The Kier molecular flexibility index (Phi) is 5.07. The zero-order chi connectivity index (χ0) is 15.4. The van der Waals surface area contributed by atoms with E-state index in [0.29, 0.717) is 11.5 Å². The number of halogens is 1. The van der Waals surface area contributed by atoms with Crippen molar-refractivity contribution >= 4 is 27.3 Å². The lowest BCUT2D eigenvalue weighted by Crippen LogP contribution is -2.03. The van der Waals surface area contributed by atoms with Gasteiger partial charge in [-0.15, -0.1) is 0 Å².